The zero-order chi connectivity index (χ0) is 15.2. The zero-order valence-corrected chi connectivity index (χ0v) is 12.9. The van der Waals surface area contributed by atoms with E-state index in [4.69, 9.17) is 9.47 Å². The molecule has 0 aliphatic heterocycles. The molecule has 0 amide bonds. The summed E-state index contributed by atoms with van der Waals surface area (Å²) in [5, 5.41) is 0. The Bertz CT molecular complexity index is 632. The Kier molecular flexibility index (Phi) is 5.11. The maximum absolute atomic E-state index is 11.9. The van der Waals surface area contributed by atoms with Gasteiger partial charge in [0, 0.05) is 10.0 Å². The molecule has 0 atom stereocenters. The van der Waals surface area contributed by atoms with E-state index < -0.39 is 5.97 Å². The van der Waals surface area contributed by atoms with Crippen LogP contribution in [-0.2, 0) is 4.74 Å². The molecule has 0 fully saturated rings. The lowest BCUT2D eigenvalue weighted by Gasteiger charge is -2.05. The highest BCUT2D eigenvalue weighted by Crippen LogP contribution is 2.13. The van der Waals surface area contributed by atoms with Crippen LogP contribution in [0.4, 0.5) is 0 Å². The van der Waals surface area contributed by atoms with Crippen molar-refractivity contribution in [2.24, 2.45) is 0 Å². The molecule has 0 saturated carbocycles. The Morgan fingerprint density at radius 1 is 0.952 bits per heavy atom. The Hall–Kier alpha value is -2.14. The fourth-order valence-electron chi connectivity index (χ4n) is 1.66. The maximum Gasteiger partial charge on any atom is 0.338 e. The van der Waals surface area contributed by atoms with E-state index in [2.05, 4.69) is 15.9 Å². The van der Waals surface area contributed by atoms with E-state index in [0.29, 0.717) is 16.9 Å². The van der Waals surface area contributed by atoms with Gasteiger partial charge in [0.25, 0.3) is 0 Å². The van der Waals surface area contributed by atoms with E-state index in [1.165, 1.54) is 0 Å². The van der Waals surface area contributed by atoms with Crippen LogP contribution < -0.4 is 4.74 Å². The Morgan fingerprint density at radius 2 is 1.52 bits per heavy atom. The van der Waals surface area contributed by atoms with E-state index in [1.807, 2.05) is 0 Å². The fourth-order valence-corrected chi connectivity index (χ4v) is 1.92. The van der Waals surface area contributed by atoms with Crippen LogP contribution in [0.25, 0.3) is 0 Å². The SMILES string of the molecule is COc1ccc(C(=O)COC(=O)c2ccc(Br)cc2)cc1. The normalized spacial score (nSPS) is 10.0. The number of carbonyl (C=O) groups excluding carboxylic acids is 2. The van der Waals surface area contributed by atoms with Gasteiger partial charge in [-0.15, -0.1) is 0 Å². The quantitative estimate of drug-likeness (QED) is 0.613. The van der Waals surface area contributed by atoms with Gasteiger partial charge in [-0.25, -0.2) is 4.79 Å². The molecule has 21 heavy (non-hydrogen) atoms. The Balaban J connectivity index is 1.93. The van der Waals surface area contributed by atoms with Crippen LogP contribution in [0.15, 0.2) is 53.0 Å². The molecule has 2 rings (SSSR count). The van der Waals surface area contributed by atoms with Crippen molar-refractivity contribution in [3.63, 3.8) is 0 Å². The minimum Gasteiger partial charge on any atom is -0.497 e. The molecule has 0 unspecified atom stereocenters. The van der Waals surface area contributed by atoms with Crippen LogP contribution in [0.1, 0.15) is 20.7 Å². The molecule has 2 aromatic rings. The van der Waals surface area contributed by atoms with Crippen molar-refractivity contribution in [3.8, 4) is 5.75 Å². The van der Waals surface area contributed by atoms with E-state index >= 15 is 0 Å². The molecule has 0 saturated heterocycles. The lowest BCUT2D eigenvalue weighted by atomic mass is 10.1. The van der Waals surface area contributed by atoms with Gasteiger partial charge in [-0.2, -0.15) is 0 Å². The third kappa shape index (κ3) is 4.16. The summed E-state index contributed by atoms with van der Waals surface area (Å²) in [5.74, 6) is -0.120. The highest BCUT2D eigenvalue weighted by atomic mass is 79.9. The minimum absolute atomic E-state index is 0.261. The van der Waals surface area contributed by atoms with Crippen molar-refractivity contribution < 1.29 is 19.1 Å². The summed E-state index contributed by atoms with van der Waals surface area (Å²) < 4.78 is 10.9. The monoisotopic (exact) mass is 348 g/mol. The largest absolute Gasteiger partial charge is 0.497 e. The number of halogens is 1. The van der Waals surface area contributed by atoms with E-state index in [0.717, 1.165) is 4.47 Å². The summed E-state index contributed by atoms with van der Waals surface area (Å²) in [5.41, 5.74) is 0.875. The third-order valence-electron chi connectivity index (χ3n) is 2.83. The molecule has 2 aromatic carbocycles. The lowest BCUT2D eigenvalue weighted by Crippen LogP contribution is -2.14. The van der Waals surface area contributed by atoms with Gasteiger partial charge in [0.05, 0.1) is 12.7 Å². The number of ketones is 1. The number of rotatable bonds is 5. The van der Waals surface area contributed by atoms with Crippen molar-refractivity contribution >= 4 is 27.7 Å². The molecule has 0 N–H and O–H groups in total. The van der Waals surface area contributed by atoms with Crippen molar-refractivity contribution in [3.05, 3.63) is 64.1 Å². The van der Waals surface area contributed by atoms with Crippen LogP contribution >= 0.6 is 15.9 Å². The van der Waals surface area contributed by atoms with E-state index in [-0.39, 0.29) is 12.4 Å². The second-order valence-electron chi connectivity index (χ2n) is 4.23. The van der Waals surface area contributed by atoms with Crippen molar-refractivity contribution in [1.29, 1.82) is 0 Å². The highest BCUT2D eigenvalue weighted by Gasteiger charge is 2.11. The molecule has 0 aliphatic rings. The van der Waals surface area contributed by atoms with Gasteiger partial charge >= 0.3 is 5.97 Å². The predicted octanol–water partition coefficient (Wildman–Crippen LogP) is 3.50. The second-order valence-corrected chi connectivity index (χ2v) is 5.15. The number of methoxy groups -OCH3 is 1. The molecule has 108 valence electrons. The minimum atomic E-state index is -0.524. The molecular weight excluding hydrogens is 336 g/mol. The average Bonchev–Trinajstić information content (AvgIpc) is 2.53. The molecule has 0 heterocycles. The standard InChI is InChI=1S/C16H13BrO4/c1-20-14-8-4-11(5-9-14)15(18)10-21-16(19)12-2-6-13(17)7-3-12/h2-9H,10H2,1H3. The van der Waals surface area contributed by atoms with Crippen molar-refractivity contribution in [2.45, 2.75) is 0 Å². The van der Waals surface area contributed by atoms with Crippen LogP contribution in [0.2, 0.25) is 0 Å². The van der Waals surface area contributed by atoms with Gasteiger partial charge < -0.3 is 9.47 Å². The average molecular weight is 349 g/mol. The molecule has 0 radical (unpaired) electrons. The van der Waals surface area contributed by atoms with Crippen LogP contribution in [-0.4, -0.2) is 25.5 Å². The summed E-state index contributed by atoms with van der Waals surface area (Å²) >= 11 is 3.28. The zero-order valence-electron chi connectivity index (χ0n) is 11.3. The summed E-state index contributed by atoms with van der Waals surface area (Å²) in [6, 6.07) is 13.4. The van der Waals surface area contributed by atoms with E-state index in [1.54, 1.807) is 55.6 Å². The van der Waals surface area contributed by atoms with Gasteiger partial charge in [0.2, 0.25) is 0 Å². The van der Waals surface area contributed by atoms with Gasteiger partial charge in [0.1, 0.15) is 5.75 Å². The maximum atomic E-state index is 11.9. The first kappa shape index (κ1) is 15.3. The van der Waals surface area contributed by atoms with Gasteiger partial charge in [-0.05, 0) is 48.5 Å². The fraction of sp³-hybridized carbons (Fsp3) is 0.125. The topological polar surface area (TPSA) is 52.6 Å². The number of Topliss-reactive ketones (excluding diaryl/α,β-unsaturated/α-hetero) is 1. The first-order valence-electron chi connectivity index (χ1n) is 6.20. The van der Waals surface area contributed by atoms with Gasteiger partial charge in [0.15, 0.2) is 12.4 Å². The van der Waals surface area contributed by atoms with Crippen LogP contribution in [0.3, 0.4) is 0 Å². The second kappa shape index (κ2) is 7.04. The van der Waals surface area contributed by atoms with Gasteiger partial charge in [-0.1, -0.05) is 15.9 Å². The van der Waals surface area contributed by atoms with Crippen LogP contribution in [0.5, 0.6) is 5.75 Å². The summed E-state index contributed by atoms with van der Waals surface area (Å²) in [4.78, 5) is 23.7. The molecule has 0 aromatic heterocycles. The van der Waals surface area contributed by atoms with Crippen LogP contribution in [0, 0.1) is 0 Å². The predicted molar refractivity (Wildman–Crippen MR) is 81.7 cm³/mol. The first-order valence-corrected chi connectivity index (χ1v) is 6.99. The summed E-state index contributed by atoms with van der Waals surface area (Å²) in [6.07, 6.45) is 0. The Labute approximate surface area is 130 Å². The summed E-state index contributed by atoms with van der Waals surface area (Å²) in [6.45, 7) is -0.290. The molecular formula is C16H13BrO4. The number of hydrogen-bond acceptors (Lipinski definition) is 4. The highest BCUT2D eigenvalue weighted by molar-refractivity contribution is 9.10. The molecule has 5 heteroatoms. The molecule has 4 nitrogen and oxygen atoms in total. The number of ether oxygens (including phenoxy) is 2. The number of benzene rings is 2. The lowest BCUT2D eigenvalue weighted by molar-refractivity contribution is 0.0474. The molecule has 0 spiro atoms. The van der Waals surface area contributed by atoms with Crippen molar-refractivity contribution in [1.82, 2.24) is 0 Å². The van der Waals surface area contributed by atoms with Crippen molar-refractivity contribution in [2.75, 3.05) is 13.7 Å². The first-order chi connectivity index (χ1) is 10.1. The molecule has 0 bridgehead atoms. The summed E-state index contributed by atoms with van der Waals surface area (Å²) in [7, 11) is 1.55. The number of carbonyl (C=O) groups is 2. The smallest absolute Gasteiger partial charge is 0.338 e. The number of esters is 1. The van der Waals surface area contributed by atoms with Gasteiger partial charge in [-0.3, -0.25) is 4.79 Å². The molecule has 0 aliphatic carbocycles. The third-order valence-corrected chi connectivity index (χ3v) is 3.35. The number of hydrogen-bond donors (Lipinski definition) is 0. The van der Waals surface area contributed by atoms with E-state index in [9.17, 15) is 9.59 Å². The Morgan fingerprint density at radius 3 is 2.10 bits per heavy atom.